The number of hydrogen-bond donors (Lipinski definition) is 0. The fourth-order valence-electron chi connectivity index (χ4n) is 3.34. The van der Waals surface area contributed by atoms with Crippen molar-refractivity contribution in [3.8, 4) is 0 Å². The maximum Gasteiger partial charge on any atom is 0.305 e. The van der Waals surface area contributed by atoms with Crippen molar-refractivity contribution >= 4 is 11.8 Å². The number of Topliss-reactive ketones (excluding diaryl/α,β-unsaturated/α-hetero) is 1. The molecule has 3 nitrogen and oxygen atoms in total. The number of carbonyl (C=O) groups excluding carboxylic acids is 2. The van der Waals surface area contributed by atoms with E-state index in [-0.39, 0.29) is 5.97 Å². The van der Waals surface area contributed by atoms with Gasteiger partial charge in [0, 0.05) is 19.3 Å². The summed E-state index contributed by atoms with van der Waals surface area (Å²) in [5.41, 5.74) is 0. The molecule has 0 aliphatic carbocycles. The average molecular weight is 369 g/mol. The molecule has 0 N–H and O–H groups in total. The highest BCUT2D eigenvalue weighted by molar-refractivity contribution is 5.78. The van der Waals surface area contributed by atoms with E-state index < -0.39 is 0 Å². The fourth-order valence-corrected chi connectivity index (χ4v) is 3.34. The van der Waals surface area contributed by atoms with Crippen molar-refractivity contribution in [2.45, 2.75) is 129 Å². The Balaban J connectivity index is 3.17. The van der Waals surface area contributed by atoms with Gasteiger partial charge in [-0.2, -0.15) is 0 Å². The molecule has 0 unspecified atom stereocenters. The molecule has 0 fully saturated rings. The summed E-state index contributed by atoms with van der Waals surface area (Å²) < 4.78 is 4.60. The largest absolute Gasteiger partial charge is 0.469 e. The van der Waals surface area contributed by atoms with Crippen LogP contribution in [0.3, 0.4) is 0 Å². The quantitative estimate of drug-likeness (QED) is 0.169. The summed E-state index contributed by atoms with van der Waals surface area (Å²) in [7, 11) is 1.42. The Morgan fingerprint density at radius 2 is 0.885 bits per heavy atom. The van der Waals surface area contributed by atoms with E-state index in [9.17, 15) is 9.59 Å². The van der Waals surface area contributed by atoms with E-state index in [1.54, 1.807) is 0 Å². The van der Waals surface area contributed by atoms with Gasteiger partial charge in [-0.15, -0.1) is 0 Å². The Kier molecular flexibility index (Phi) is 19.8. The zero-order valence-electron chi connectivity index (χ0n) is 17.7. The van der Waals surface area contributed by atoms with Crippen LogP contribution < -0.4 is 0 Å². The molecule has 0 aromatic carbocycles. The topological polar surface area (TPSA) is 43.4 Å². The Morgan fingerprint density at radius 3 is 1.31 bits per heavy atom. The Labute approximate surface area is 162 Å². The van der Waals surface area contributed by atoms with E-state index >= 15 is 0 Å². The molecule has 0 heterocycles. The van der Waals surface area contributed by atoms with Crippen molar-refractivity contribution in [2.75, 3.05) is 7.11 Å². The van der Waals surface area contributed by atoms with Gasteiger partial charge in [0.25, 0.3) is 0 Å². The van der Waals surface area contributed by atoms with E-state index in [1.165, 1.54) is 84.2 Å². The van der Waals surface area contributed by atoms with Crippen LogP contribution in [0.5, 0.6) is 0 Å². The van der Waals surface area contributed by atoms with Gasteiger partial charge in [0.2, 0.25) is 0 Å². The van der Waals surface area contributed by atoms with Crippen molar-refractivity contribution in [3.05, 3.63) is 0 Å². The SMILES string of the molecule is CCCCCCCCCCCCCCCC(=O)CCCCCC(=O)OC. The molecule has 0 aromatic rings. The first kappa shape index (κ1) is 25.1. The van der Waals surface area contributed by atoms with Gasteiger partial charge >= 0.3 is 5.97 Å². The summed E-state index contributed by atoms with van der Waals surface area (Å²) in [5, 5.41) is 0. The van der Waals surface area contributed by atoms with Gasteiger partial charge in [0.05, 0.1) is 7.11 Å². The lowest BCUT2D eigenvalue weighted by molar-refractivity contribution is -0.140. The number of unbranched alkanes of at least 4 members (excludes halogenated alkanes) is 14. The molecule has 0 amide bonds. The molecule has 0 spiro atoms. The second kappa shape index (κ2) is 20.5. The summed E-state index contributed by atoms with van der Waals surface area (Å²) in [6.07, 6.45) is 22.0. The van der Waals surface area contributed by atoms with Crippen LogP contribution in [0.1, 0.15) is 129 Å². The molecule has 0 saturated heterocycles. The lowest BCUT2D eigenvalue weighted by Crippen LogP contribution is -2.00. The number of carbonyl (C=O) groups is 2. The lowest BCUT2D eigenvalue weighted by Gasteiger charge is -2.03. The molecule has 0 rings (SSSR count). The van der Waals surface area contributed by atoms with Crippen molar-refractivity contribution < 1.29 is 14.3 Å². The first-order valence-electron chi connectivity index (χ1n) is 11.3. The zero-order chi connectivity index (χ0) is 19.3. The number of hydrogen-bond acceptors (Lipinski definition) is 3. The molecule has 0 radical (unpaired) electrons. The van der Waals surface area contributed by atoms with Gasteiger partial charge in [-0.25, -0.2) is 0 Å². The predicted molar refractivity (Wildman–Crippen MR) is 110 cm³/mol. The highest BCUT2D eigenvalue weighted by Gasteiger charge is 2.03. The Hall–Kier alpha value is -0.860. The van der Waals surface area contributed by atoms with E-state index in [0.29, 0.717) is 18.6 Å². The van der Waals surface area contributed by atoms with Crippen molar-refractivity contribution in [1.82, 2.24) is 0 Å². The molecular formula is C23H44O3. The number of ether oxygens (including phenoxy) is 1. The van der Waals surface area contributed by atoms with Crippen LogP contribution in [0.15, 0.2) is 0 Å². The standard InChI is InChI=1S/C23H44O3/c1-3-4-5-6-7-8-9-10-11-12-13-14-16-19-22(24)20-17-15-18-21-23(25)26-2/h3-21H2,1-2H3. The smallest absolute Gasteiger partial charge is 0.305 e. The van der Waals surface area contributed by atoms with Crippen molar-refractivity contribution in [2.24, 2.45) is 0 Å². The maximum atomic E-state index is 11.8. The summed E-state index contributed by atoms with van der Waals surface area (Å²) in [4.78, 5) is 22.8. The zero-order valence-corrected chi connectivity index (χ0v) is 17.7. The minimum Gasteiger partial charge on any atom is -0.469 e. The molecule has 0 saturated carbocycles. The molecule has 0 aliphatic heterocycles. The van der Waals surface area contributed by atoms with Gasteiger partial charge in [-0.3, -0.25) is 9.59 Å². The van der Waals surface area contributed by atoms with Crippen LogP contribution in [0.2, 0.25) is 0 Å². The molecule has 26 heavy (non-hydrogen) atoms. The Morgan fingerprint density at radius 1 is 0.538 bits per heavy atom. The third-order valence-corrected chi connectivity index (χ3v) is 5.12. The van der Waals surface area contributed by atoms with Gasteiger partial charge in [0.1, 0.15) is 5.78 Å². The molecular weight excluding hydrogens is 324 g/mol. The predicted octanol–water partition coefficient (Wildman–Crippen LogP) is 7.16. The molecule has 0 aromatic heterocycles. The minimum atomic E-state index is -0.150. The van der Waals surface area contributed by atoms with E-state index in [0.717, 1.165) is 32.1 Å². The maximum absolute atomic E-state index is 11.8. The lowest BCUT2D eigenvalue weighted by atomic mass is 10.0. The molecule has 0 bridgehead atoms. The van der Waals surface area contributed by atoms with Crippen LogP contribution in [0.4, 0.5) is 0 Å². The van der Waals surface area contributed by atoms with Crippen molar-refractivity contribution in [3.63, 3.8) is 0 Å². The average Bonchev–Trinajstić information content (AvgIpc) is 2.65. The number of methoxy groups -OCH3 is 1. The summed E-state index contributed by atoms with van der Waals surface area (Å²) in [5.74, 6) is 0.245. The minimum absolute atomic E-state index is 0.150. The van der Waals surface area contributed by atoms with Gasteiger partial charge in [-0.1, -0.05) is 90.4 Å². The van der Waals surface area contributed by atoms with Crippen LogP contribution >= 0.6 is 0 Å². The number of rotatable bonds is 20. The monoisotopic (exact) mass is 368 g/mol. The van der Waals surface area contributed by atoms with E-state index in [2.05, 4.69) is 11.7 Å². The first-order chi connectivity index (χ1) is 12.7. The van der Waals surface area contributed by atoms with Gasteiger partial charge in [0.15, 0.2) is 0 Å². The second-order valence-corrected chi connectivity index (χ2v) is 7.67. The number of esters is 1. The third kappa shape index (κ3) is 19.5. The molecule has 154 valence electrons. The van der Waals surface area contributed by atoms with Gasteiger partial charge in [-0.05, 0) is 19.3 Å². The third-order valence-electron chi connectivity index (χ3n) is 5.12. The second-order valence-electron chi connectivity index (χ2n) is 7.67. The van der Waals surface area contributed by atoms with Crippen LogP contribution in [-0.4, -0.2) is 18.9 Å². The molecule has 0 aliphatic rings. The Bertz CT molecular complexity index is 325. The van der Waals surface area contributed by atoms with E-state index in [1.807, 2.05) is 0 Å². The number of ketones is 1. The van der Waals surface area contributed by atoms with E-state index in [4.69, 9.17) is 0 Å². The summed E-state index contributed by atoms with van der Waals surface area (Å²) in [6, 6.07) is 0. The van der Waals surface area contributed by atoms with Crippen LogP contribution in [0.25, 0.3) is 0 Å². The summed E-state index contributed by atoms with van der Waals surface area (Å²) in [6.45, 7) is 2.27. The van der Waals surface area contributed by atoms with Crippen LogP contribution in [0, 0.1) is 0 Å². The van der Waals surface area contributed by atoms with Gasteiger partial charge < -0.3 is 4.74 Å². The van der Waals surface area contributed by atoms with Crippen LogP contribution in [-0.2, 0) is 14.3 Å². The first-order valence-corrected chi connectivity index (χ1v) is 11.3. The molecule has 0 atom stereocenters. The summed E-state index contributed by atoms with van der Waals surface area (Å²) >= 11 is 0. The molecule has 3 heteroatoms. The normalized spacial score (nSPS) is 10.8. The highest BCUT2D eigenvalue weighted by atomic mass is 16.5. The van der Waals surface area contributed by atoms with Crippen molar-refractivity contribution in [1.29, 1.82) is 0 Å². The fraction of sp³-hybridized carbons (Fsp3) is 0.913. The highest BCUT2D eigenvalue weighted by Crippen LogP contribution is 2.13.